The summed E-state index contributed by atoms with van der Waals surface area (Å²) in [5.74, 6) is -1.93. The second-order valence-electron chi connectivity index (χ2n) is 5.26. The standard InChI is InChI=1S/C17H10F3N5/c18-10-7-14-15(8-11(10)19)24-16(23-14)9-2-3-13(12(20)6-9)25-17-21-4-1-5-22-17/h1-8H,(H,23,24)(H,21,22,25). The van der Waals surface area contributed by atoms with Crippen LogP contribution in [0.3, 0.4) is 0 Å². The zero-order chi connectivity index (χ0) is 17.4. The van der Waals surface area contributed by atoms with Gasteiger partial charge in [-0.05, 0) is 24.3 Å². The molecule has 4 aromatic rings. The first-order chi connectivity index (χ1) is 12.1. The van der Waals surface area contributed by atoms with Gasteiger partial charge in [0.1, 0.15) is 11.6 Å². The van der Waals surface area contributed by atoms with E-state index in [0.717, 1.165) is 12.1 Å². The number of aromatic nitrogens is 4. The first-order valence-electron chi connectivity index (χ1n) is 7.29. The molecule has 0 atom stereocenters. The molecule has 0 fully saturated rings. The second-order valence-corrected chi connectivity index (χ2v) is 5.26. The number of nitrogens with one attached hydrogen (secondary N) is 2. The van der Waals surface area contributed by atoms with Crippen molar-refractivity contribution in [2.45, 2.75) is 0 Å². The molecule has 25 heavy (non-hydrogen) atoms. The average molecular weight is 341 g/mol. The predicted octanol–water partition coefficient (Wildman–Crippen LogP) is 4.18. The maximum absolute atomic E-state index is 14.3. The van der Waals surface area contributed by atoms with Gasteiger partial charge in [-0.15, -0.1) is 0 Å². The minimum Gasteiger partial charge on any atom is -0.338 e. The van der Waals surface area contributed by atoms with Gasteiger partial charge in [0.05, 0.1) is 16.7 Å². The highest BCUT2D eigenvalue weighted by molar-refractivity contribution is 5.79. The van der Waals surface area contributed by atoms with Gasteiger partial charge in [0.2, 0.25) is 5.95 Å². The van der Waals surface area contributed by atoms with Gasteiger partial charge in [0.25, 0.3) is 0 Å². The van der Waals surface area contributed by atoms with Crippen LogP contribution in [-0.4, -0.2) is 19.9 Å². The Labute approximate surface area is 139 Å². The predicted molar refractivity (Wildman–Crippen MR) is 86.7 cm³/mol. The number of rotatable bonds is 3. The maximum Gasteiger partial charge on any atom is 0.227 e. The molecule has 124 valence electrons. The lowest BCUT2D eigenvalue weighted by molar-refractivity contribution is 0.510. The minimum absolute atomic E-state index is 0.197. The van der Waals surface area contributed by atoms with Crippen LogP contribution < -0.4 is 5.32 Å². The molecule has 0 unspecified atom stereocenters. The molecule has 4 rings (SSSR count). The summed E-state index contributed by atoms with van der Waals surface area (Å²) in [6.07, 6.45) is 3.07. The normalized spacial score (nSPS) is 11.0. The lowest BCUT2D eigenvalue weighted by Crippen LogP contribution is -1.98. The number of halogens is 3. The van der Waals surface area contributed by atoms with E-state index in [4.69, 9.17) is 0 Å². The van der Waals surface area contributed by atoms with Crippen LogP contribution in [0.2, 0.25) is 0 Å². The Morgan fingerprint density at radius 2 is 1.64 bits per heavy atom. The Hall–Kier alpha value is -3.42. The van der Waals surface area contributed by atoms with E-state index in [1.807, 2.05) is 0 Å². The highest BCUT2D eigenvalue weighted by Crippen LogP contribution is 2.26. The van der Waals surface area contributed by atoms with E-state index in [1.54, 1.807) is 12.1 Å². The van der Waals surface area contributed by atoms with Gasteiger partial charge in [0, 0.05) is 30.1 Å². The van der Waals surface area contributed by atoms with Crippen molar-refractivity contribution in [2.24, 2.45) is 0 Å². The summed E-state index contributed by atoms with van der Waals surface area (Å²) in [6, 6.07) is 8.05. The van der Waals surface area contributed by atoms with Gasteiger partial charge < -0.3 is 10.3 Å². The van der Waals surface area contributed by atoms with E-state index in [2.05, 4.69) is 25.3 Å². The summed E-state index contributed by atoms with van der Waals surface area (Å²) in [5, 5.41) is 2.77. The Morgan fingerprint density at radius 3 is 2.40 bits per heavy atom. The van der Waals surface area contributed by atoms with Crippen LogP contribution in [0.5, 0.6) is 0 Å². The first-order valence-corrected chi connectivity index (χ1v) is 7.29. The van der Waals surface area contributed by atoms with Crippen molar-refractivity contribution in [2.75, 3.05) is 5.32 Å². The van der Waals surface area contributed by atoms with Crippen molar-refractivity contribution in [1.29, 1.82) is 0 Å². The SMILES string of the molecule is Fc1cc2nc(-c3ccc(Nc4ncccn4)c(F)c3)[nH]c2cc1F. The molecule has 0 aliphatic rings. The Kier molecular flexibility index (Phi) is 3.57. The van der Waals surface area contributed by atoms with Gasteiger partial charge in [-0.2, -0.15) is 0 Å². The molecule has 0 spiro atoms. The number of anilines is 2. The number of benzene rings is 2. The number of H-pyrrole nitrogens is 1. The van der Waals surface area contributed by atoms with Crippen molar-refractivity contribution in [1.82, 2.24) is 19.9 Å². The second kappa shape index (κ2) is 5.90. The van der Waals surface area contributed by atoms with Crippen LogP contribution in [0.15, 0.2) is 48.8 Å². The third-order valence-corrected chi connectivity index (χ3v) is 3.58. The molecule has 0 aliphatic heterocycles. The topological polar surface area (TPSA) is 66.5 Å². The van der Waals surface area contributed by atoms with Gasteiger partial charge in [-0.25, -0.2) is 28.1 Å². The molecule has 5 nitrogen and oxygen atoms in total. The molecule has 2 heterocycles. The van der Waals surface area contributed by atoms with E-state index >= 15 is 0 Å². The molecule has 2 aromatic heterocycles. The molecule has 8 heteroatoms. The lowest BCUT2D eigenvalue weighted by atomic mass is 10.2. The van der Waals surface area contributed by atoms with Crippen LogP contribution in [0.25, 0.3) is 22.4 Å². The van der Waals surface area contributed by atoms with Gasteiger partial charge in [0.15, 0.2) is 11.6 Å². The fourth-order valence-corrected chi connectivity index (χ4v) is 2.39. The molecule has 0 amide bonds. The summed E-state index contributed by atoms with van der Waals surface area (Å²) in [7, 11) is 0. The van der Waals surface area contributed by atoms with E-state index in [-0.39, 0.29) is 17.2 Å². The van der Waals surface area contributed by atoms with Crippen LogP contribution in [0, 0.1) is 17.5 Å². The highest BCUT2D eigenvalue weighted by atomic mass is 19.2. The Bertz CT molecular complexity index is 1020. The van der Waals surface area contributed by atoms with Crippen molar-refractivity contribution < 1.29 is 13.2 Å². The summed E-state index contributed by atoms with van der Waals surface area (Å²) < 4.78 is 40.9. The van der Waals surface area contributed by atoms with Gasteiger partial charge in [-0.1, -0.05) is 0 Å². The lowest BCUT2D eigenvalue weighted by Gasteiger charge is -2.06. The molecule has 2 aromatic carbocycles. The van der Waals surface area contributed by atoms with Crippen LogP contribution in [-0.2, 0) is 0 Å². The number of fused-ring (bicyclic) bond motifs is 1. The third kappa shape index (κ3) is 2.89. The molecule has 0 bridgehead atoms. The van der Waals surface area contributed by atoms with Crippen molar-refractivity contribution in [3.63, 3.8) is 0 Å². The molecule has 0 radical (unpaired) electrons. The number of nitrogens with zero attached hydrogens (tertiary/aromatic N) is 3. The fraction of sp³-hybridized carbons (Fsp3) is 0. The molecule has 2 N–H and O–H groups in total. The highest BCUT2D eigenvalue weighted by Gasteiger charge is 2.12. The van der Waals surface area contributed by atoms with Crippen molar-refractivity contribution in [3.05, 3.63) is 66.2 Å². The van der Waals surface area contributed by atoms with Gasteiger partial charge >= 0.3 is 0 Å². The smallest absolute Gasteiger partial charge is 0.227 e. The summed E-state index contributed by atoms with van der Waals surface area (Å²) >= 11 is 0. The molecule has 0 aliphatic carbocycles. The third-order valence-electron chi connectivity index (χ3n) is 3.58. The molecule has 0 saturated heterocycles. The van der Waals surface area contributed by atoms with Crippen LogP contribution >= 0.6 is 0 Å². The Morgan fingerprint density at radius 1 is 0.880 bits per heavy atom. The monoisotopic (exact) mass is 341 g/mol. The van der Waals surface area contributed by atoms with Crippen LogP contribution in [0.4, 0.5) is 24.8 Å². The van der Waals surface area contributed by atoms with E-state index in [9.17, 15) is 13.2 Å². The number of hydrogen-bond donors (Lipinski definition) is 2. The first kappa shape index (κ1) is 15.1. The Balaban J connectivity index is 1.68. The van der Waals surface area contributed by atoms with Gasteiger partial charge in [-0.3, -0.25) is 0 Å². The minimum atomic E-state index is -0.987. The molecular weight excluding hydrogens is 331 g/mol. The zero-order valence-electron chi connectivity index (χ0n) is 12.6. The maximum atomic E-state index is 14.3. The van der Waals surface area contributed by atoms with Crippen molar-refractivity contribution >= 4 is 22.7 Å². The van der Waals surface area contributed by atoms with Crippen LogP contribution in [0.1, 0.15) is 0 Å². The summed E-state index contributed by atoms with van der Waals surface area (Å²) in [5.41, 5.74) is 1.22. The number of imidazole rings is 1. The zero-order valence-corrected chi connectivity index (χ0v) is 12.6. The largest absolute Gasteiger partial charge is 0.338 e. The number of hydrogen-bond acceptors (Lipinski definition) is 4. The molecule has 0 saturated carbocycles. The van der Waals surface area contributed by atoms with Crippen molar-refractivity contribution in [3.8, 4) is 11.4 Å². The summed E-state index contributed by atoms with van der Waals surface area (Å²) in [4.78, 5) is 14.9. The fourth-order valence-electron chi connectivity index (χ4n) is 2.39. The van der Waals surface area contributed by atoms with E-state index in [0.29, 0.717) is 16.9 Å². The number of aromatic amines is 1. The van der Waals surface area contributed by atoms with E-state index in [1.165, 1.54) is 24.5 Å². The quantitative estimate of drug-likeness (QED) is 0.587. The molecular formula is C17H10F3N5. The van der Waals surface area contributed by atoms with E-state index < -0.39 is 17.5 Å². The average Bonchev–Trinajstić information content (AvgIpc) is 3.01. The summed E-state index contributed by atoms with van der Waals surface area (Å²) in [6.45, 7) is 0.